The second kappa shape index (κ2) is 8.19. The van der Waals surface area contributed by atoms with E-state index < -0.39 is 5.91 Å². The maximum atomic E-state index is 12.1. The predicted molar refractivity (Wildman–Crippen MR) is 78.4 cm³/mol. The number of phenols is 1. The minimum absolute atomic E-state index is 0.141. The first-order valence-corrected chi connectivity index (χ1v) is 6.92. The number of nitrogens with zero attached hydrogens (tertiary/aromatic N) is 1. The molecule has 5 nitrogen and oxygen atoms in total. The fourth-order valence-electron chi connectivity index (χ4n) is 1.97. The van der Waals surface area contributed by atoms with Crippen LogP contribution in [0.2, 0.25) is 0 Å². The van der Waals surface area contributed by atoms with Crippen molar-refractivity contribution < 1.29 is 14.7 Å². The first-order chi connectivity index (χ1) is 9.54. The van der Waals surface area contributed by atoms with Gasteiger partial charge in [-0.2, -0.15) is 0 Å². The number of primary amides is 1. The lowest BCUT2D eigenvalue weighted by molar-refractivity contribution is -0.126. The molecule has 0 heterocycles. The van der Waals surface area contributed by atoms with E-state index in [9.17, 15) is 14.7 Å². The molecule has 0 aliphatic rings. The van der Waals surface area contributed by atoms with Crippen molar-refractivity contribution in [2.75, 3.05) is 11.4 Å². The Morgan fingerprint density at radius 2 is 1.80 bits per heavy atom. The maximum absolute atomic E-state index is 12.1. The zero-order chi connectivity index (χ0) is 15.0. The molecule has 0 unspecified atom stereocenters. The molecule has 0 spiro atoms. The Bertz CT molecular complexity index is 443. The lowest BCUT2D eigenvalue weighted by atomic mass is 10.1. The standard InChI is InChI=1S/C15H22N2O3/c1-2-3-4-5-10-17(15(20)11-14(16)19)12-6-8-13(18)9-7-12/h6-9,18H,2-5,10-11H2,1H3,(H2,16,19). The molecule has 0 bridgehead atoms. The van der Waals surface area contributed by atoms with Crippen LogP contribution in [0.3, 0.4) is 0 Å². The first kappa shape index (κ1) is 16.0. The molecule has 1 aromatic carbocycles. The van der Waals surface area contributed by atoms with Crippen LogP contribution < -0.4 is 10.6 Å². The van der Waals surface area contributed by atoms with Crippen molar-refractivity contribution in [2.45, 2.75) is 39.0 Å². The second-order valence-corrected chi connectivity index (χ2v) is 4.77. The molecule has 0 aliphatic heterocycles. The van der Waals surface area contributed by atoms with E-state index in [1.54, 1.807) is 17.0 Å². The average Bonchev–Trinajstić information content (AvgIpc) is 2.39. The molecule has 110 valence electrons. The number of benzene rings is 1. The molecule has 1 rings (SSSR count). The highest BCUT2D eigenvalue weighted by atomic mass is 16.3. The number of phenolic OH excluding ortho intramolecular Hbond substituents is 1. The zero-order valence-corrected chi connectivity index (χ0v) is 11.8. The van der Waals surface area contributed by atoms with Gasteiger partial charge in [-0.15, -0.1) is 0 Å². The van der Waals surface area contributed by atoms with Gasteiger partial charge in [0.25, 0.3) is 0 Å². The van der Waals surface area contributed by atoms with Crippen molar-refractivity contribution in [3.05, 3.63) is 24.3 Å². The molecule has 0 fully saturated rings. The number of unbranched alkanes of at least 4 members (excludes halogenated alkanes) is 3. The van der Waals surface area contributed by atoms with Crippen LogP contribution in [0.4, 0.5) is 5.69 Å². The van der Waals surface area contributed by atoms with Gasteiger partial charge in [0.1, 0.15) is 12.2 Å². The molecular weight excluding hydrogens is 256 g/mol. The monoisotopic (exact) mass is 278 g/mol. The van der Waals surface area contributed by atoms with E-state index in [1.165, 1.54) is 12.1 Å². The molecule has 0 aliphatic carbocycles. The summed E-state index contributed by atoms with van der Waals surface area (Å²) in [4.78, 5) is 24.5. The lowest BCUT2D eigenvalue weighted by Crippen LogP contribution is -2.34. The third kappa shape index (κ3) is 5.30. The van der Waals surface area contributed by atoms with E-state index in [2.05, 4.69) is 6.92 Å². The second-order valence-electron chi connectivity index (χ2n) is 4.77. The van der Waals surface area contributed by atoms with Crippen molar-refractivity contribution in [1.29, 1.82) is 0 Å². The highest BCUT2D eigenvalue weighted by Gasteiger charge is 2.17. The first-order valence-electron chi connectivity index (χ1n) is 6.92. The van der Waals surface area contributed by atoms with Crippen molar-refractivity contribution in [1.82, 2.24) is 0 Å². The average molecular weight is 278 g/mol. The Hall–Kier alpha value is -2.04. The zero-order valence-electron chi connectivity index (χ0n) is 11.8. The maximum Gasteiger partial charge on any atom is 0.236 e. The summed E-state index contributed by atoms with van der Waals surface area (Å²) in [7, 11) is 0. The van der Waals surface area contributed by atoms with Crippen LogP contribution in [0.1, 0.15) is 39.0 Å². The number of amides is 2. The van der Waals surface area contributed by atoms with Gasteiger partial charge in [0.2, 0.25) is 11.8 Å². The molecule has 1 aromatic rings. The number of carbonyl (C=O) groups excluding carboxylic acids is 2. The number of hydrogen-bond donors (Lipinski definition) is 2. The van der Waals surface area contributed by atoms with Crippen LogP contribution in [0.15, 0.2) is 24.3 Å². The van der Waals surface area contributed by atoms with Gasteiger partial charge in [-0.1, -0.05) is 26.2 Å². The Balaban J connectivity index is 2.75. The summed E-state index contributed by atoms with van der Waals surface area (Å²) in [5.74, 6) is -0.797. The molecule has 3 N–H and O–H groups in total. The van der Waals surface area contributed by atoms with Crippen LogP contribution >= 0.6 is 0 Å². The Morgan fingerprint density at radius 3 is 2.35 bits per heavy atom. The third-order valence-corrected chi connectivity index (χ3v) is 3.02. The van der Waals surface area contributed by atoms with Crippen molar-refractivity contribution in [3.8, 4) is 5.75 Å². The summed E-state index contributed by atoms with van der Waals surface area (Å²) < 4.78 is 0. The number of nitrogens with two attached hydrogens (primary N) is 1. The number of hydrogen-bond acceptors (Lipinski definition) is 3. The Morgan fingerprint density at radius 1 is 1.15 bits per heavy atom. The molecule has 0 atom stereocenters. The van der Waals surface area contributed by atoms with E-state index in [0.29, 0.717) is 12.2 Å². The lowest BCUT2D eigenvalue weighted by Gasteiger charge is -2.22. The summed E-state index contributed by atoms with van der Waals surface area (Å²) in [5, 5.41) is 9.29. The van der Waals surface area contributed by atoms with Crippen LogP contribution in [0, 0.1) is 0 Å². The molecule has 20 heavy (non-hydrogen) atoms. The van der Waals surface area contributed by atoms with Gasteiger partial charge < -0.3 is 15.7 Å². The minimum Gasteiger partial charge on any atom is -0.508 e. The van der Waals surface area contributed by atoms with Gasteiger partial charge in [0, 0.05) is 12.2 Å². The summed E-state index contributed by atoms with van der Waals surface area (Å²) in [5.41, 5.74) is 5.76. The summed E-state index contributed by atoms with van der Waals surface area (Å²) in [6, 6.07) is 6.36. The SMILES string of the molecule is CCCCCCN(C(=O)CC(N)=O)c1ccc(O)cc1. The molecular formula is C15H22N2O3. The molecule has 0 aromatic heterocycles. The fourth-order valence-corrected chi connectivity index (χ4v) is 1.97. The van der Waals surface area contributed by atoms with Gasteiger partial charge >= 0.3 is 0 Å². The van der Waals surface area contributed by atoms with Crippen molar-refractivity contribution >= 4 is 17.5 Å². The molecule has 0 saturated heterocycles. The molecule has 2 amide bonds. The summed E-state index contributed by atoms with van der Waals surface area (Å²) >= 11 is 0. The third-order valence-electron chi connectivity index (χ3n) is 3.02. The van der Waals surface area contributed by atoms with E-state index in [0.717, 1.165) is 25.7 Å². The number of carbonyl (C=O) groups is 2. The van der Waals surface area contributed by atoms with Crippen LogP contribution in [-0.2, 0) is 9.59 Å². The van der Waals surface area contributed by atoms with E-state index in [-0.39, 0.29) is 18.1 Å². The van der Waals surface area contributed by atoms with E-state index in [1.807, 2.05) is 0 Å². The predicted octanol–water partition coefficient (Wildman–Crippen LogP) is 2.18. The molecule has 0 saturated carbocycles. The van der Waals surface area contributed by atoms with Gasteiger partial charge in [0.15, 0.2) is 0 Å². The minimum atomic E-state index is -0.632. The van der Waals surface area contributed by atoms with Gasteiger partial charge in [-0.05, 0) is 30.7 Å². The quantitative estimate of drug-likeness (QED) is 0.564. The largest absolute Gasteiger partial charge is 0.508 e. The summed E-state index contributed by atoms with van der Waals surface area (Å²) in [6.45, 7) is 2.67. The molecule has 0 radical (unpaired) electrons. The van der Waals surface area contributed by atoms with Crippen LogP contribution in [0.25, 0.3) is 0 Å². The number of aromatic hydroxyl groups is 1. The van der Waals surface area contributed by atoms with Crippen molar-refractivity contribution in [3.63, 3.8) is 0 Å². The molecule has 5 heteroatoms. The smallest absolute Gasteiger partial charge is 0.236 e. The van der Waals surface area contributed by atoms with Crippen LogP contribution in [-0.4, -0.2) is 23.5 Å². The normalized spacial score (nSPS) is 10.2. The number of rotatable bonds is 8. The van der Waals surface area contributed by atoms with E-state index >= 15 is 0 Å². The van der Waals surface area contributed by atoms with Crippen molar-refractivity contribution in [2.24, 2.45) is 5.73 Å². The number of anilines is 1. The van der Waals surface area contributed by atoms with Gasteiger partial charge in [0.05, 0.1) is 0 Å². The van der Waals surface area contributed by atoms with Gasteiger partial charge in [-0.3, -0.25) is 9.59 Å². The highest BCUT2D eigenvalue weighted by molar-refractivity contribution is 6.04. The van der Waals surface area contributed by atoms with Crippen LogP contribution in [0.5, 0.6) is 5.75 Å². The summed E-state index contributed by atoms with van der Waals surface area (Å²) in [6.07, 6.45) is 3.85. The topological polar surface area (TPSA) is 83.6 Å². The van der Waals surface area contributed by atoms with Gasteiger partial charge in [-0.25, -0.2) is 0 Å². The fraction of sp³-hybridized carbons (Fsp3) is 0.467. The highest BCUT2D eigenvalue weighted by Crippen LogP contribution is 2.20. The Labute approximate surface area is 119 Å². The van der Waals surface area contributed by atoms with E-state index in [4.69, 9.17) is 5.73 Å². The Kier molecular flexibility index (Phi) is 6.56.